The molecule has 20 heavy (non-hydrogen) atoms. The first-order chi connectivity index (χ1) is 9.71. The van der Waals surface area contributed by atoms with E-state index >= 15 is 0 Å². The number of ether oxygens (including phenoxy) is 1. The Kier molecular flexibility index (Phi) is 5.12. The number of pyridine rings is 1. The molecule has 0 fully saturated rings. The SMILES string of the molecule is CNC(CCc1cnn(C)c1)Cc1ccc(OC)nc1. The highest BCUT2D eigenvalue weighted by Gasteiger charge is 2.09. The zero-order valence-corrected chi connectivity index (χ0v) is 12.3. The van der Waals surface area contributed by atoms with Gasteiger partial charge in [0.05, 0.1) is 13.3 Å². The lowest BCUT2D eigenvalue weighted by molar-refractivity contribution is 0.397. The fourth-order valence-corrected chi connectivity index (χ4v) is 2.23. The summed E-state index contributed by atoms with van der Waals surface area (Å²) in [6.45, 7) is 0. The fourth-order valence-electron chi connectivity index (χ4n) is 2.23. The predicted molar refractivity (Wildman–Crippen MR) is 78.9 cm³/mol. The molecule has 5 heteroatoms. The molecule has 0 spiro atoms. The van der Waals surface area contributed by atoms with Gasteiger partial charge in [-0.3, -0.25) is 4.68 Å². The molecule has 2 heterocycles. The summed E-state index contributed by atoms with van der Waals surface area (Å²) in [4.78, 5) is 4.24. The Hall–Kier alpha value is -1.88. The van der Waals surface area contributed by atoms with Gasteiger partial charge in [0, 0.05) is 31.5 Å². The van der Waals surface area contributed by atoms with Crippen molar-refractivity contribution in [2.75, 3.05) is 14.2 Å². The van der Waals surface area contributed by atoms with Crippen molar-refractivity contribution in [1.29, 1.82) is 0 Å². The van der Waals surface area contributed by atoms with Gasteiger partial charge in [0.2, 0.25) is 5.88 Å². The lowest BCUT2D eigenvalue weighted by atomic mass is 10.0. The van der Waals surface area contributed by atoms with Crippen LogP contribution >= 0.6 is 0 Å². The number of hydrogen-bond donors (Lipinski definition) is 1. The van der Waals surface area contributed by atoms with Gasteiger partial charge in [-0.05, 0) is 37.4 Å². The van der Waals surface area contributed by atoms with Gasteiger partial charge in [-0.2, -0.15) is 5.10 Å². The van der Waals surface area contributed by atoms with Gasteiger partial charge < -0.3 is 10.1 Å². The van der Waals surface area contributed by atoms with E-state index in [1.165, 1.54) is 11.1 Å². The average molecular weight is 274 g/mol. The van der Waals surface area contributed by atoms with Gasteiger partial charge in [0.25, 0.3) is 0 Å². The van der Waals surface area contributed by atoms with Crippen LogP contribution in [0.3, 0.4) is 0 Å². The first-order valence-electron chi connectivity index (χ1n) is 6.85. The Bertz CT molecular complexity index is 521. The number of nitrogens with zero attached hydrogens (tertiary/aromatic N) is 3. The summed E-state index contributed by atoms with van der Waals surface area (Å²) in [5.74, 6) is 0.658. The first-order valence-corrected chi connectivity index (χ1v) is 6.85. The number of rotatable bonds is 7. The maximum absolute atomic E-state index is 5.07. The van der Waals surface area contributed by atoms with E-state index in [1.807, 2.05) is 37.2 Å². The second-order valence-electron chi connectivity index (χ2n) is 4.96. The zero-order chi connectivity index (χ0) is 14.4. The van der Waals surface area contributed by atoms with Crippen molar-refractivity contribution >= 4 is 0 Å². The van der Waals surface area contributed by atoms with Crippen molar-refractivity contribution in [2.45, 2.75) is 25.3 Å². The summed E-state index contributed by atoms with van der Waals surface area (Å²) >= 11 is 0. The highest BCUT2D eigenvalue weighted by atomic mass is 16.5. The largest absolute Gasteiger partial charge is 0.481 e. The molecule has 0 aliphatic carbocycles. The van der Waals surface area contributed by atoms with Crippen LogP contribution in [0.4, 0.5) is 0 Å². The Balaban J connectivity index is 1.87. The molecule has 108 valence electrons. The molecule has 2 rings (SSSR count). The Labute approximate surface area is 120 Å². The molecule has 0 radical (unpaired) electrons. The Morgan fingerprint density at radius 1 is 1.30 bits per heavy atom. The number of likely N-dealkylation sites (N-methyl/N-ethyl adjacent to an activating group) is 1. The molecular formula is C15H22N4O. The minimum Gasteiger partial charge on any atom is -0.481 e. The van der Waals surface area contributed by atoms with Crippen LogP contribution in [0.5, 0.6) is 5.88 Å². The van der Waals surface area contributed by atoms with E-state index in [9.17, 15) is 0 Å². The molecule has 5 nitrogen and oxygen atoms in total. The van der Waals surface area contributed by atoms with Gasteiger partial charge in [0.15, 0.2) is 0 Å². The van der Waals surface area contributed by atoms with Crippen LogP contribution in [0.2, 0.25) is 0 Å². The molecule has 0 aliphatic rings. The van der Waals surface area contributed by atoms with E-state index in [2.05, 4.69) is 27.7 Å². The van der Waals surface area contributed by atoms with E-state index in [0.29, 0.717) is 11.9 Å². The molecule has 0 bridgehead atoms. The third-order valence-corrected chi connectivity index (χ3v) is 3.44. The van der Waals surface area contributed by atoms with Crippen LogP contribution < -0.4 is 10.1 Å². The van der Waals surface area contributed by atoms with Crippen LogP contribution in [0, 0.1) is 0 Å². The van der Waals surface area contributed by atoms with Crippen LogP contribution in [0.1, 0.15) is 17.5 Å². The van der Waals surface area contributed by atoms with Crippen molar-refractivity contribution in [1.82, 2.24) is 20.1 Å². The topological polar surface area (TPSA) is 52.0 Å². The van der Waals surface area contributed by atoms with Crippen molar-refractivity contribution in [2.24, 2.45) is 7.05 Å². The van der Waals surface area contributed by atoms with E-state index in [0.717, 1.165) is 19.3 Å². The molecule has 1 unspecified atom stereocenters. The molecule has 2 aromatic heterocycles. The van der Waals surface area contributed by atoms with Crippen molar-refractivity contribution in [3.8, 4) is 5.88 Å². The van der Waals surface area contributed by atoms with Crippen LogP contribution in [-0.4, -0.2) is 35.0 Å². The maximum Gasteiger partial charge on any atom is 0.212 e. The van der Waals surface area contributed by atoms with Crippen LogP contribution in [0.15, 0.2) is 30.7 Å². The highest BCUT2D eigenvalue weighted by molar-refractivity contribution is 5.18. The first kappa shape index (κ1) is 14.5. The second-order valence-corrected chi connectivity index (χ2v) is 4.96. The van der Waals surface area contributed by atoms with E-state index < -0.39 is 0 Å². The number of methoxy groups -OCH3 is 1. The third-order valence-electron chi connectivity index (χ3n) is 3.44. The van der Waals surface area contributed by atoms with Crippen LogP contribution in [-0.2, 0) is 19.9 Å². The smallest absolute Gasteiger partial charge is 0.212 e. The van der Waals surface area contributed by atoms with E-state index in [-0.39, 0.29) is 0 Å². The van der Waals surface area contributed by atoms with E-state index in [1.54, 1.807) is 7.11 Å². The summed E-state index contributed by atoms with van der Waals surface area (Å²) in [6.07, 6.45) is 8.96. The molecule has 0 saturated carbocycles. The Morgan fingerprint density at radius 3 is 2.70 bits per heavy atom. The van der Waals surface area contributed by atoms with Gasteiger partial charge >= 0.3 is 0 Å². The standard InChI is InChI=1S/C15H22N4O/c1-16-14(6-4-13-10-18-19(2)11-13)8-12-5-7-15(20-3)17-9-12/h5,7,9-11,14,16H,4,6,8H2,1-3H3. The third kappa shape index (κ3) is 4.06. The van der Waals surface area contributed by atoms with Crippen molar-refractivity contribution in [3.63, 3.8) is 0 Å². The van der Waals surface area contributed by atoms with Gasteiger partial charge in [-0.25, -0.2) is 4.98 Å². The molecule has 2 aromatic rings. The Morgan fingerprint density at radius 2 is 2.15 bits per heavy atom. The zero-order valence-electron chi connectivity index (χ0n) is 12.3. The van der Waals surface area contributed by atoms with Gasteiger partial charge in [0.1, 0.15) is 0 Å². The second kappa shape index (κ2) is 7.05. The average Bonchev–Trinajstić information content (AvgIpc) is 2.89. The minimum absolute atomic E-state index is 0.436. The van der Waals surface area contributed by atoms with Gasteiger partial charge in [-0.1, -0.05) is 6.07 Å². The fraction of sp³-hybridized carbons (Fsp3) is 0.467. The molecule has 0 saturated heterocycles. The summed E-state index contributed by atoms with van der Waals surface area (Å²) in [6, 6.07) is 4.41. The number of aryl methyl sites for hydroxylation is 2. The quantitative estimate of drug-likeness (QED) is 0.833. The lowest BCUT2D eigenvalue weighted by Gasteiger charge is -2.15. The minimum atomic E-state index is 0.436. The highest BCUT2D eigenvalue weighted by Crippen LogP contribution is 2.11. The number of aromatic nitrogens is 3. The van der Waals surface area contributed by atoms with Crippen molar-refractivity contribution in [3.05, 3.63) is 41.9 Å². The normalized spacial score (nSPS) is 12.3. The summed E-state index contributed by atoms with van der Waals surface area (Å²) in [7, 11) is 5.58. The summed E-state index contributed by atoms with van der Waals surface area (Å²) in [5, 5.41) is 7.57. The number of nitrogens with one attached hydrogen (secondary N) is 1. The molecule has 1 atom stereocenters. The molecule has 0 amide bonds. The molecule has 1 N–H and O–H groups in total. The lowest BCUT2D eigenvalue weighted by Crippen LogP contribution is -2.28. The van der Waals surface area contributed by atoms with Gasteiger partial charge in [-0.15, -0.1) is 0 Å². The molecular weight excluding hydrogens is 252 g/mol. The summed E-state index contributed by atoms with van der Waals surface area (Å²) in [5.41, 5.74) is 2.50. The molecule has 0 aliphatic heterocycles. The van der Waals surface area contributed by atoms with Crippen LogP contribution in [0.25, 0.3) is 0 Å². The number of hydrogen-bond acceptors (Lipinski definition) is 4. The van der Waals surface area contributed by atoms with Crippen molar-refractivity contribution < 1.29 is 4.74 Å². The summed E-state index contributed by atoms with van der Waals surface area (Å²) < 4.78 is 6.92. The molecule has 0 aromatic carbocycles. The maximum atomic E-state index is 5.07. The predicted octanol–water partition coefficient (Wildman–Crippen LogP) is 1.59. The van der Waals surface area contributed by atoms with E-state index in [4.69, 9.17) is 4.74 Å². The monoisotopic (exact) mass is 274 g/mol.